The van der Waals surface area contributed by atoms with E-state index in [0.29, 0.717) is 0 Å². The molecule has 0 spiro atoms. The highest BCUT2D eigenvalue weighted by Crippen LogP contribution is 2.33. The lowest BCUT2D eigenvalue weighted by molar-refractivity contribution is 0.768. The molecule has 3 aromatic heterocycles. The quantitative estimate of drug-likeness (QED) is 0.250. The smallest absolute Gasteiger partial charge is 0.116 e. The van der Waals surface area contributed by atoms with E-state index in [-0.39, 0.29) is 0 Å². The number of aromatic nitrogens is 5. The van der Waals surface area contributed by atoms with Gasteiger partial charge in [0.2, 0.25) is 0 Å². The van der Waals surface area contributed by atoms with Gasteiger partial charge in [-0.1, -0.05) is 47.6 Å². The molecule has 188 valence electrons. The van der Waals surface area contributed by atoms with Crippen LogP contribution in [-0.4, -0.2) is 42.7 Å². The third-order valence-electron chi connectivity index (χ3n) is 6.08. The number of hydrogen-bond acceptors (Lipinski definition) is 4. The molecule has 0 amide bonds. The summed E-state index contributed by atoms with van der Waals surface area (Å²) in [6, 6.07) is 18.8. The Bertz CT molecular complexity index is 1680. The van der Waals surface area contributed by atoms with E-state index < -0.39 is 9.21 Å². The zero-order valence-electron chi connectivity index (χ0n) is 22.1. The summed E-state index contributed by atoms with van der Waals surface area (Å²) in [5.74, 6) is 8.09. The standard InChI is InChI=1S/C21H19N5.C10H14S/c1-4-18(15-7-8-19-16(10-15)6-5-9-22-19)20-14(2)23-13-24-21(20)17-11-25-26(3)12-17;1-9-5-7-10(8-6-9)11(2,3)4/h4-13H,1-3H3;5-8H,2-3H2,1,4H3/b18-4-;. The summed E-state index contributed by atoms with van der Waals surface area (Å²) in [4.78, 5) is 14.7. The number of fused-ring (bicyclic) bond motifs is 1. The molecule has 2 aromatic carbocycles. The maximum Gasteiger partial charge on any atom is 0.116 e. The van der Waals surface area contributed by atoms with E-state index in [2.05, 4.69) is 99.6 Å². The van der Waals surface area contributed by atoms with Gasteiger partial charge in [-0.15, -0.1) is 0 Å². The first kappa shape index (κ1) is 26.0. The highest BCUT2D eigenvalue weighted by molar-refractivity contribution is 8.27. The van der Waals surface area contributed by atoms with Gasteiger partial charge in [0.05, 0.1) is 17.4 Å². The lowest BCUT2D eigenvalue weighted by Crippen LogP contribution is -2.00. The predicted molar refractivity (Wildman–Crippen MR) is 161 cm³/mol. The zero-order chi connectivity index (χ0) is 26.6. The Morgan fingerprint density at radius 3 is 2.38 bits per heavy atom. The Balaban J connectivity index is 0.000000245. The number of benzene rings is 2. The maximum absolute atomic E-state index is 4.56. The molecule has 0 fully saturated rings. The van der Waals surface area contributed by atoms with Crippen LogP contribution in [0.25, 0.3) is 27.7 Å². The number of allylic oxidation sites excluding steroid dienone is 1. The third-order valence-corrected chi connectivity index (χ3v) is 7.49. The van der Waals surface area contributed by atoms with E-state index >= 15 is 0 Å². The molecule has 0 aliphatic carbocycles. The van der Waals surface area contributed by atoms with E-state index in [1.807, 2.05) is 45.6 Å². The van der Waals surface area contributed by atoms with Gasteiger partial charge in [0, 0.05) is 41.6 Å². The first-order chi connectivity index (χ1) is 17.7. The van der Waals surface area contributed by atoms with Crippen molar-refractivity contribution in [1.29, 1.82) is 0 Å². The van der Waals surface area contributed by atoms with Crippen molar-refractivity contribution in [3.63, 3.8) is 0 Å². The van der Waals surface area contributed by atoms with Crippen LogP contribution in [0, 0.1) is 13.8 Å². The van der Waals surface area contributed by atoms with Crippen LogP contribution >= 0.6 is 9.21 Å². The minimum absolute atomic E-state index is 0.894. The van der Waals surface area contributed by atoms with Crippen molar-refractivity contribution in [3.05, 3.63) is 108 Å². The van der Waals surface area contributed by atoms with Gasteiger partial charge in [-0.05, 0) is 73.4 Å². The van der Waals surface area contributed by atoms with Crippen molar-refractivity contribution in [2.24, 2.45) is 7.05 Å². The highest BCUT2D eigenvalue weighted by Gasteiger charge is 2.17. The molecule has 0 bridgehead atoms. The number of hydrogen-bond donors (Lipinski definition) is 0. The number of pyridine rings is 1. The van der Waals surface area contributed by atoms with Crippen molar-refractivity contribution in [3.8, 4) is 11.3 Å². The Morgan fingerprint density at radius 1 is 0.973 bits per heavy atom. The van der Waals surface area contributed by atoms with Gasteiger partial charge in [-0.2, -0.15) is 14.3 Å². The fourth-order valence-electron chi connectivity index (χ4n) is 4.12. The van der Waals surface area contributed by atoms with Crippen molar-refractivity contribution in [2.75, 3.05) is 6.26 Å². The van der Waals surface area contributed by atoms with Gasteiger partial charge in [-0.3, -0.25) is 9.67 Å². The van der Waals surface area contributed by atoms with Gasteiger partial charge >= 0.3 is 0 Å². The summed E-state index contributed by atoms with van der Waals surface area (Å²) in [7, 11) is 0.887. The molecule has 3 heterocycles. The van der Waals surface area contributed by atoms with E-state index in [1.165, 1.54) is 10.5 Å². The average Bonchev–Trinajstić information content (AvgIpc) is 3.31. The number of nitrogens with zero attached hydrogens (tertiary/aromatic N) is 5. The molecule has 37 heavy (non-hydrogen) atoms. The van der Waals surface area contributed by atoms with Crippen LogP contribution in [0.15, 0.2) is 90.5 Å². The lowest BCUT2D eigenvalue weighted by atomic mass is 9.92. The van der Waals surface area contributed by atoms with Crippen LogP contribution in [0.3, 0.4) is 0 Å². The lowest BCUT2D eigenvalue weighted by Gasteiger charge is -2.14. The molecule has 5 rings (SSSR count). The minimum Gasteiger partial charge on any atom is -0.275 e. The van der Waals surface area contributed by atoms with Crippen molar-refractivity contribution < 1.29 is 0 Å². The molecule has 0 aliphatic heterocycles. The van der Waals surface area contributed by atoms with Crippen LogP contribution in [0.4, 0.5) is 0 Å². The summed E-state index contributed by atoms with van der Waals surface area (Å²) in [5.41, 5.74) is 8.35. The molecule has 5 aromatic rings. The summed E-state index contributed by atoms with van der Waals surface area (Å²) >= 11 is 0. The molecule has 5 nitrogen and oxygen atoms in total. The Morgan fingerprint density at radius 2 is 1.73 bits per heavy atom. The monoisotopic (exact) mass is 507 g/mol. The second kappa shape index (κ2) is 10.9. The normalized spacial score (nSPS) is 11.8. The van der Waals surface area contributed by atoms with Crippen LogP contribution in [0.2, 0.25) is 0 Å². The summed E-state index contributed by atoms with van der Waals surface area (Å²) < 4.78 is 1.79. The minimum atomic E-state index is -1.02. The zero-order valence-corrected chi connectivity index (χ0v) is 23.0. The summed E-state index contributed by atoms with van der Waals surface area (Å²) in [6.45, 7) is 6.15. The van der Waals surface area contributed by atoms with Gasteiger partial charge in [0.25, 0.3) is 0 Å². The molecule has 0 radical (unpaired) electrons. The van der Waals surface area contributed by atoms with Crippen LogP contribution < -0.4 is 0 Å². The molecule has 0 aliphatic rings. The topological polar surface area (TPSA) is 56.5 Å². The summed E-state index contributed by atoms with van der Waals surface area (Å²) in [6.07, 6.45) is 11.4. The van der Waals surface area contributed by atoms with Crippen molar-refractivity contribution >= 4 is 37.4 Å². The average molecular weight is 508 g/mol. The first-order valence-corrected chi connectivity index (χ1v) is 14.4. The predicted octanol–water partition coefficient (Wildman–Crippen LogP) is 6.84. The SMILES string of the molecule is C/C=C(/c1ccc2ncccc2c1)c1c(C)ncnc1-c1cnn(C)c1.C=S(=C)(C)c1ccc(C)cc1. The van der Waals surface area contributed by atoms with E-state index in [0.717, 1.165) is 44.6 Å². The Hall–Kier alpha value is -4.03. The van der Waals surface area contributed by atoms with E-state index in [1.54, 1.807) is 11.0 Å². The van der Waals surface area contributed by atoms with Gasteiger partial charge in [0.15, 0.2) is 0 Å². The number of rotatable bonds is 4. The Kier molecular flexibility index (Phi) is 7.69. The van der Waals surface area contributed by atoms with Gasteiger partial charge in [-0.25, -0.2) is 9.97 Å². The fraction of sp³-hybridized carbons (Fsp3) is 0.161. The van der Waals surface area contributed by atoms with E-state index in [9.17, 15) is 0 Å². The van der Waals surface area contributed by atoms with Crippen LogP contribution in [0.1, 0.15) is 29.3 Å². The molecular formula is C31H33N5S. The molecule has 0 saturated heterocycles. The maximum atomic E-state index is 4.56. The van der Waals surface area contributed by atoms with Crippen LogP contribution in [0.5, 0.6) is 0 Å². The second-order valence-corrected chi connectivity index (χ2v) is 12.3. The molecule has 6 heteroatoms. The van der Waals surface area contributed by atoms with Crippen LogP contribution in [-0.2, 0) is 7.05 Å². The molecule has 0 atom stereocenters. The van der Waals surface area contributed by atoms with Crippen molar-refractivity contribution in [2.45, 2.75) is 25.7 Å². The first-order valence-electron chi connectivity index (χ1n) is 12.0. The largest absolute Gasteiger partial charge is 0.275 e. The molecule has 0 N–H and O–H groups in total. The molecule has 0 unspecified atom stereocenters. The second-order valence-electron chi connectivity index (χ2n) is 9.29. The fourth-order valence-corrected chi connectivity index (χ4v) is 4.92. The van der Waals surface area contributed by atoms with Crippen molar-refractivity contribution in [1.82, 2.24) is 24.7 Å². The highest BCUT2D eigenvalue weighted by atomic mass is 32.2. The third kappa shape index (κ3) is 6.04. The molecular weight excluding hydrogens is 474 g/mol. The Labute approximate surface area is 220 Å². The van der Waals surface area contributed by atoms with Gasteiger partial charge in [0.1, 0.15) is 6.33 Å². The molecule has 0 saturated carbocycles. The summed E-state index contributed by atoms with van der Waals surface area (Å²) in [5, 5.41) is 5.40. The number of aryl methyl sites for hydroxylation is 3. The van der Waals surface area contributed by atoms with E-state index in [4.69, 9.17) is 0 Å². The van der Waals surface area contributed by atoms with Gasteiger partial charge < -0.3 is 0 Å².